The predicted octanol–water partition coefficient (Wildman–Crippen LogP) is 4.95. The second-order valence-corrected chi connectivity index (χ2v) is 9.70. The molecule has 2 aromatic carbocycles. The van der Waals surface area contributed by atoms with E-state index in [2.05, 4.69) is 21.9 Å². The molecule has 10 heteroatoms. The Morgan fingerprint density at radius 1 is 1.21 bits per heavy atom. The average Bonchev–Trinajstić information content (AvgIpc) is 3.39. The summed E-state index contributed by atoms with van der Waals surface area (Å²) in [5.41, 5.74) is 2.57. The van der Waals surface area contributed by atoms with Crippen LogP contribution in [0.15, 0.2) is 71.6 Å². The molecule has 0 saturated carbocycles. The molecule has 0 radical (unpaired) electrons. The molecule has 0 bridgehead atoms. The summed E-state index contributed by atoms with van der Waals surface area (Å²) in [6.45, 7) is 4.18. The molecule has 4 rings (SSSR count). The summed E-state index contributed by atoms with van der Waals surface area (Å²) in [6.07, 6.45) is 1.69. The summed E-state index contributed by atoms with van der Waals surface area (Å²) in [5, 5.41) is 5.16. The van der Waals surface area contributed by atoms with Gasteiger partial charge in [-0.2, -0.15) is 4.99 Å². The number of nitrogens with one attached hydrogen (secondary N) is 1. The molecule has 33 heavy (non-hydrogen) atoms. The van der Waals surface area contributed by atoms with Crippen molar-refractivity contribution in [3.05, 3.63) is 77.2 Å². The summed E-state index contributed by atoms with van der Waals surface area (Å²) in [6, 6.07) is 14.2. The summed E-state index contributed by atoms with van der Waals surface area (Å²) in [5.74, 6) is -0.785. The maximum absolute atomic E-state index is 13.5. The zero-order chi connectivity index (χ0) is 23.2. The molecule has 0 aliphatic heterocycles. The number of allylic oxidation sites excluding steroid dienone is 1. The van der Waals surface area contributed by atoms with Crippen molar-refractivity contribution >= 4 is 61.6 Å². The van der Waals surface area contributed by atoms with Crippen LogP contribution in [0.2, 0.25) is 0 Å². The molecule has 1 N–H and O–H groups in total. The summed E-state index contributed by atoms with van der Waals surface area (Å²) >= 11 is 3.77. The zero-order valence-corrected chi connectivity index (χ0v) is 19.8. The number of rotatable bonds is 8. The zero-order valence-electron chi connectivity index (χ0n) is 17.4. The van der Waals surface area contributed by atoms with Gasteiger partial charge in [0.15, 0.2) is 9.93 Å². The lowest BCUT2D eigenvalue weighted by Gasteiger charge is -2.01. The van der Waals surface area contributed by atoms with Crippen molar-refractivity contribution < 1.29 is 14.0 Å². The van der Waals surface area contributed by atoms with Crippen LogP contribution in [0.4, 0.5) is 9.52 Å². The van der Waals surface area contributed by atoms with Crippen LogP contribution in [-0.2, 0) is 16.1 Å². The normalized spacial score (nSPS) is 11.6. The third-order valence-electron chi connectivity index (χ3n) is 4.46. The SMILES string of the molecule is C=CCn1c(=NC(=O)CSCC(=O)Nc2nc(-c3ccccc3)cs2)sc2cc(F)ccc21. The number of nitrogens with zero attached hydrogens (tertiary/aromatic N) is 3. The summed E-state index contributed by atoms with van der Waals surface area (Å²) in [4.78, 5) is 33.7. The van der Waals surface area contributed by atoms with E-state index < -0.39 is 0 Å². The molecule has 0 aliphatic carbocycles. The molecular weight excluding hydrogens is 479 g/mol. The van der Waals surface area contributed by atoms with E-state index in [0.717, 1.165) is 16.8 Å². The Bertz CT molecular complexity index is 1380. The van der Waals surface area contributed by atoms with Crippen molar-refractivity contribution in [3.8, 4) is 11.3 Å². The number of benzene rings is 2. The Balaban J connectivity index is 1.34. The second-order valence-electron chi connectivity index (χ2n) is 6.85. The minimum atomic E-state index is -0.363. The van der Waals surface area contributed by atoms with Gasteiger partial charge < -0.3 is 9.88 Å². The molecule has 6 nitrogen and oxygen atoms in total. The van der Waals surface area contributed by atoms with Crippen molar-refractivity contribution in [2.24, 2.45) is 4.99 Å². The highest BCUT2D eigenvalue weighted by atomic mass is 32.2. The van der Waals surface area contributed by atoms with Crippen molar-refractivity contribution in [1.29, 1.82) is 0 Å². The molecule has 0 spiro atoms. The number of fused-ring (bicyclic) bond motifs is 1. The Labute approximate surface area is 201 Å². The van der Waals surface area contributed by atoms with Crippen molar-refractivity contribution in [3.63, 3.8) is 0 Å². The summed E-state index contributed by atoms with van der Waals surface area (Å²) < 4.78 is 16.1. The van der Waals surface area contributed by atoms with Crippen molar-refractivity contribution in [2.45, 2.75) is 6.54 Å². The lowest BCUT2D eigenvalue weighted by atomic mass is 10.2. The van der Waals surface area contributed by atoms with Crippen LogP contribution < -0.4 is 10.1 Å². The first-order valence-electron chi connectivity index (χ1n) is 9.89. The monoisotopic (exact) mass is 498 g/mol. The van der Waals surface area contributed by atoms with E-state index in [1.165, 1.54) is 46.6 Å². The van der Waals surface area contributed by atoms with Crippen LogP contribution in [0.1, 0.15) is 0 Å². The first kappa shape index (κ1) is 23.1. The van der Waals surface area contributed by atoms with Crippen LogP contribution in [0, 0.1) is 5.82 Å². The lowest BCUT2D eigenvalue weighted by Crippen LogP contribution is -2.18. The first-order chi connectivity index (χ1) is 16.0. The van der Waals surface area contributed by atoms with E-state index in [-0.39, 0.29) is 29.1 Å². The van der Waals surface area contributed by atoms with Gasteiger partial charge in [-0.3, -0.25) is 9.59 Å². The van der Waals surface area contributed by atoms with Crippen LogP contribution >= 0.6 is 34.4 Å². The number of thioether (sulfide) groups is 1. The standard InChI is InChI=1S/C23H19FN4O2S3/c1-2-10-28-18-9-8-16(24)11-19(18)33-23(28)27-21(30)14-31-13-20(29)26-22-25-17(12-32-22)15-6-4-3-5-7-15/h2-9,11-12H,1,10,13-14H2,(H,25,26,29). The highest BCUT2D eigenvalue weighted by molar-refractivity contribution is 8.00. The van der Waals surface area contributed by atoms with Gasteiger partial charge in [-0.25, -0.2) is 9.37 Å². The summed E-state index contributed by atoms with van der Waals surface area (Å²) in [7, 11) is 0. The van der Waals surface area contributed by atoms with E-state index in [1.54, 1.807) is 12.1 Å². The van der Waals surface area contributed by atoms with Gasteiger partial charge in [0.1, 0.15) is 5.82 Å². The van der Waals surface area contributed by atoms with Gasteiger partial charge in [-0.1, -0.05) is 47.7 Å². The third kappa shape index (κ3) is 5.84. The molecule has 2 aromatic heterocycles. The van der Waals surface area contributed by atoms with Crippen LogP contribution in [0.5, 0.6) is 0 Å². The largest absolute Gasteiger partial charge is 0.313 e. The van der Waals surface area contributed by atoms with E-state index in [4.69, 9.17) is 0 Å². The fraction of sp³-hybridized carbons (Fsp3) is 0.130. The maximum Gasteiger partial charge on any atom is 0.258 e. The van der Waals surface area contributed by atoms with Crippen LogP contribution in [-0.4, -0.2) is 32.9 Å². The Kier molecular flexibility index (Phi) is 7.48. The Morgan fingerprint density at radius 2 is 2.03 bits per heavy atom. The number of hydrogen-bond acceptors (Lipinski definition) is 6. The van der Waals surface area contributed by atoms with Gasteiger partial charge in [-0.05, 0) is 18.2 Å². The predicted molar refractivity (Wildman–Crippen MR) is 134 cm³/mol. The average molecular weight is 499 g/mol. The number of carbonyl (C=O) groups is 2. The lowest BCUT2D eigenvalue weighted by molar-refractivity contribution is -0.115. The fourth-order valence-corrected chi connectivity index (χ4v) is 5.45. The molecule has 0 aliphatic rings. The molecule has 2 heterocycles. The van der Waals surface area contributed by atoms with Gasteiger partial charge in [0.05, 0.1) is 27.4 Å². The topological polar surface area (TPSA) is 76.3 Å². The number of thiazole rings is 2. The molecule has 2 amide bonds. The molecule has 4 aromatic rings. The van der Waals surface area contributed by atoms with Crippen LogP contribution in [0.3, 0.4) is 0 Å². The van der Waals surface area contributed by atoms with Crippen molar-refractivity contribution in [1.82, 2.24) is 9.55 Å². The van der Waals surface area contributed by atoms with E-state index >= 15 is 0 Å². The smallest absolute Gasteiger partial charge is 0.258 e. The minimum Gasteiger partial charge on any atom is -0.313 e. The molecule has 0 fully saturated rings. The van der Waals surface area contributed by atoms with Crippen LogP contribution in [0.25, 0.3) is 21.5 Å². The number of anilines is 1. The maximum atomic E-state index is 13.5. The van der Waals surface area contributed by atoms with E-state index in [1.807, 2.05) is 40.3 Å². The third-order valence-corrected chi connectivity index (χ3v) is 7.17. The number of amides is 2. The molecule has 0 saturated heterocycles. The number of carbonyl (C=O) groups excluding carboxylic acids is 2. The number of aromatic nitrogens is 2. The van der Waals surface area contributed by atoms with Gasteiger partial charge in [-0.15, -0.1) is 29.7 Å². The van der Waals surface area contributed by atoms with Gasteiger partial charge in [0.25, 0.3) is 5.91 Å². The Morgan fingerprint density at radius 3 is 2.82 bits per heavy atom. The van der Waals surface area contributed by atoms with Gasteiger partial charge in [0.2, 0.25) is 5.91 Å². The number of hydrogen-bond donors (Lipinski definition) is 1. The van der Waals surface area contributed by atoms with Crippen molar-refractivity contribution in [2.75, 3.05) is 16.8 Å². The highest BCUT2D eigenvalue weighted by Gasteiger charge is 2.11. The second kappa shape index (κ2) is 10.7. The first-order valence-corrected chi connectivity index (χ1v) is 12.7. The van der Waals surface area contributed by atoms with E-state index in [0.29, 0.717) is 21.2 Å². The van der Waals surface area contributed by atoms with Gasteiger partial charge in [0, 0.05) is 17.5 Å². The molecule has 168 valence electrons. The fourth-order valence-electron chi connectivity index (χ4n) is 3.04. The minimum absolute atomic E-state index is 0.0528. The van der Waals surface area contributed by atoms with Gasteiger partial charge >= 0.3 is 0 Å². The molecule has 0 unspecified atom stereocenters. The Hall–Kier alpha value is -3.08. The number of halogens is 1. The quantitative estimate of drug-likeness (QED) is 0.349. The molecule has 0 atom stereocenters. The highest BCUT2D eigenvalue weighted by Crippen LogP contribution is 2.24. The molecular formula is C23H19FN4O2S3. The van der Waals surface area contributed by atoms with E-state index in [9.17, 15) is 14.0 Å².